The van der Waals surface area contributed by atoms with Gasteiger partial charge in [0.25, 0.3) is 0 Å². The molecule has 0 aliphatic heterocycles. The minimum Gasteiger partial charge on any atom is -0.275 e. The summed E-state index contributed by atoms with van der Waals surface area (Å²) in [5.41, 5.74) is -0.639. The van der Waals surface area contributed by atoms with Gasteiger partial charge in [-0.15, -0.1) is 11.3 Å². The van der Waals surface area contributed by atoms with Crippen LogP contribution in [0.15, 0.2) is 16.9 Å². The van der Waals surface area contributed by atoms with Crippen molar-refractivity contribution in [3.63, 3.8) is 0 Å². The number of thiophene rings is 1. The van der Waals surface area contributed by atoms with Gasteiger partial charge in [0.2, 0.25) is 5.28 Å². The largest absolute Gasteiger partial charge is 0.425 e. The molecule has 0 aliphatic carbocycles. The first-order chi connectivity index (χ1) is 8.77. The van der Waals surface area contributed by atoms with Gasteiger partial charge in [-0.2, -0.15) is 18.2 Å². The maximum atomic E-state index is 12.5. The molecule has 2 heterocycles. The number of rotatable bonds is 2. The molecule has 0 saturated carbocycles. The van der Waals surface area contributed by atoms with Crippen LogP contribution in [0.1, 0.15) is 15.6 Å². The van der Waals surface area contributed by atoms with Gasteiger partial charge in [-0.25, -0.2) is 9.78 Å². The van der Waals surface area contributed by atoms with Crippen LogP contribution in [-0.2, 0) is 12.7 Å². The lowest BCUT2D eigenvalue weighted by atomic mass is 10.4. The Labute approximate surface area is 114 Å². The van der Waals surface area contributed by atoms with E-state index in [1.165, 1.54) is 13.0 Å². The Morgan fingerprint density at radius 1 is 1.37 bits per heavy atom. The van der Waals surface area contributed by atoms with Crippen molar-refractivity contribution < 1.29 is 13.2 Å². The quantitative estimate of drug-likeness (QED) is 0.857. The average Bonchev–Trinajstić information content (AvgIpc) is 2.71. The fourth-order valence-electron chi connectivity index (χ4n) is 1.45. The van der Waals surface area contributed by atoms with Crippen LogP contribution in [0.5, 0.6) is 0 Å². The van der Waals surface area contributed by atoms with E-state index in [1.807, 2.05) is 0 Å². The van der Waals surface area contributed by atoms with Gasteiger partial charge >= 0.3 is 11.9 Å². The van der Waals surface area contributed by atoms with Crippen molar-refractivity contribution in [2.75, 3.05) is 0 Å². The number of nitrogens with zero attached hydrogens (tertiary/aromatic N) is 3. The molecule has 0 saturated heterocycles. The monoisotopic (exact) mass is 309 g/mol. The molecule has 4 nitrogen and oxygen atoms in total. The van der Waals surface area contributed by atoms with Crippen molar-refractivity contribution in [2.24, 2.45) is 0 Å². The molecule has 2 aromatic heterocycles. The molecule has 0 aliphatic rings. The molecular formula is C10H7ClF3N3OS. The first-order valence-corrected chi connectivity index (χ1v) is 6.23. The van der Waals surface area contributed by atoms with Crippen molar-refractivity contribution >= 4 is 22.9 Å². The van der Waals surface area contributed by atoms with Crippen LogP contribution in [0.25, 0.3) is 0 Å². The van der Waals surface area contributed by atoms with E-state index in [-0.39, 0.29) is 11.8 Å². The number of hydrogen-bond acceptors (Lipinski definition) is 4. The van der Waals surface area contributed by atoms with E-state index in [4.69, 9.17) is 11.6 Å². The van der Waals surface area contributed by atoms with Crippen LogP contribution in [0.2, 0.25) is 5.28 Å². The van der Waals surface area contributed by atoms with E-state index in [0.717, 1.165) is 10.6 Å². The standard InChI is InChI=1S/C10H7ClF3N3OS/c1-5-15-8(11)16-9(18)17(5)4-6-2-3-7(19-6)10(12,13)14/h2-3H,4H2,1H3. The summed E-state index contributed by atoms with van der Waals surface area (Å²) in [7, 11) is 0. The lowest BCUT2D eigenvalue weighted by Crippen LogP contribution is -2.26. The molecule has 0 aromatic carbocycles. The Morgan fingerprint density at radius 2 is 2.05 bits per heavy atom. The topological polar surface area (TPSA) is 47.8 Å². The Balaban J connectivity index is 2.32. The predicted molar refractivity (Wildman–Crippen MR) is 64.5 cm³/mol. The van der Waals surface area contributed by atoms with Crippen molar-refractivity contribution in [3.8, 4) is 0 Å². The smallest absolute Gasteiger partial charge is 0.275 e. The first kappa shape index (κ1) is 14.0. The Morgan fingerprint density at radius 3 is 2.58 bits per heavy atom. The molecule has 0 amide bonds. The van der Waals surface area contributed by atoms with E-state index in [1.54, 1.807) is 0 Å². The van der Waals surface area contributed by atoms with Gasteiger partial charge in [0.05, 0.1) is 6.54 Å². The third-order valence-corrected chi connectivity index (χ3v) is 3.60. The molecule has 0 bridgehead atoms. The number of aryl methyl sites for hydroxylation is 1. The maximum Gasteiger partial charge on any atom is 0.425 e. The van der Waals surface area contributed by atoms with E-state index in [0.29, 0.717) is 22.0 Å². The van der Waals surface area contributed by atoms with E-state index in [9.17, 15) is 18.0 Å². The van der Waals surface area contributed by atoms with Crippen LogP contribution < -0.4 is 5.69 Å². The SMILES string of the molecule is Cc1nc(Cl)nc(=O)n1Cc1ccc(C(F)(F)F)s1. The van der Waals surface area contributed by atoms with Gasteiger partial charge in [0.15, 0.2) is 0 Å². The molecule has 0 atom stereocenters. The van der Waals surface area contributed by atoms with Crippen LogP contribution in [0.3, 0.4) is 0 Å². The summed E-state index contributed by atoms with van der Waals surface area (Å²) in [5, 5.41) is -0.180. The summed E-state index contributed by atoms with van der Waals surface area (Å²) in [6.07, 6.45) is -4.38. The Hall–Kier alpha value is -1.41. The van der Waals surface area contributed by atoms with Crippen molar-refractivity contribution in [2.45, 2.75) is 19.6 Å². The fourth-order valence-corrected chi connectivity index (χ4v) is 2.51. The molecule has 0 N–H and O–H groups in total. The normalized spacial score (nSPS) is 11.8. The molecule has 19 heavy (non-hydrogen) atoms. The first-order valence-electron chi connectivity index (χ1n) is 5.04. The highest BCUT2D eigenvalue weighted by molar-refractivity contribution is 7.12. The molecule has 2 rings (SSSR count). The minimum absolute atomic E-state index is 0.0113. The zero-order valence-electron chi connectivity index (χ0n) is 9.53. The van der Waals surface area contributed by atoms with Crippen LogP contribution in [0.4, 0.5) is 13.2 Å². The highest BCUT2D eigenvalue weighted by atomic mass is 35.5. The molecule has 0 fully saturated rings. The zero-order chi connectivity index (χ0) is 14.2. The van der Waals surface area contributed by atoms with Gasteiger partial charge in [-0.1, -0.05) is 0 Å². The highest BCUT2D eigenvalue weighted by Crippen LogP contribution is 2.34. The lowest BCUT2D eigenvalue weighted by molar-refractivity contribution is -0.134. The summed E-state index contributed by atoms with van der Waals surface area (Å²) in [6, 6.07) is 2.31. The van der Waals surface area contributed by atoms with Crippen LogP contribution >= 0.6 is 22.9 Å². The second-order valence-corrected chi connectivity index (χ2v) is 5.18. The third-order valence-electron chi connectivity index (χ3n) is 2.32. The Kier molecular flexibility index (Phi) is 3.64. The Bertz CT molecular complexity index is 665. The number of halogens is 4. The van der Waals surface area contributed by atoms with E-state index < -0.39 is 16.7 Å². The number of hydrogen-bond donors (Lipinski definition) is 0. The van der Waals surface area contributed by atoms with Crippen molar-refractivity contribution in [1.82, 2.24) is 14.5 Å². The van der Waals surface area contributed by atoms with E-state index in [2.05, 4.69) is 9.97 Å². The average molecular weight is 310 g/mol. The van der Waals surface area contributed by atoms with Gasteiger partial charge in [-0.3, -0.25) is 4.57 Å². The van der Waals surface area contributed by atoms with Gasteiger partial charge in [0.1, 0.15) is 10.7 Å². The molecule has 2 aromatic rings. The van der Waals surface area contributed by atoms with Gasteiger partial charge < -0.3 is 0 Å². The van der Waals surface area contributed by atoms with Crippen LogP contribution in [0, 0.1) is 6.92 Å². The maximum absolute atomic E-state index is 12.5. The summed E-state index contributed by atoms with van der Waals surface area (Å²) in [6.45, 7) is 1.52. The minimum atomic E-state index is -4.38. The van der Waals surface area contributed by atoms with Crippen molar-refractivity contribution in [3.05, 3.63) is 43.5 Å². The summed E-state index contributed by atoms with van der Waals surface area (Å²) in [5.74, 6) is 0.298. The van der Waals surface area contributed by atoms with Crippen LogP contribution in [-0.4, -0.2) is 14.5 Å². The van der Waals surface area contributed by atoms with E-state index >= 15 is 0 Å². The highest BCUT2D eigenvalue weighted by Gasteiger charge is 2.32. The summed E-state index contributed by atoms with van der Waals surface area (Å²) in [4.78, 5) is 18.5. The molecule has 0 unspecified atom stereocenters. The van der Waals surface area contributed by atoms with Gasteiger partial charge in [0, 0.05) is 4.88 Å². The third kappa shape index (κ3) is 3.13. The summed E-state index contributed by atoms with van der Waals surface area (Å²) < 4.78 is 38.5. The predicted octanol–water partition coefficient (Wildman–Crippen LogP) is 2.73. The summed E-state index contributed by atoms with van der Waals surface area (Å²) >= 11 is 6.09. The fraction of sp³-hybridized carbons (Fsp3) is 0.300. The zero-order valence-corrected chi connectivity index (χ0v) is 11.1. The molecule has 0 spiro atoms. The molecule has 0 radical (unpaired) electrons. The second-order valence-electron chi connectivity index (χ2n) is 3.67. The number of alkyl halides is 3. The molecule has 9 heteroatoms. The van der Waals surface area contributed by atoms with Crippen molar-refractivity contribution in [1.29, 1.82) is 0 Å². The molecule has 102 valence electrons. The molecular weight excluding hydrogens is 303 g/mol. The van der Waals surface area contributed by atoms with Gasteiger partial charge in [-0.05, 0) is 30.7 Å². The second kappa shape index (κ2) is 4.93. The number of aromatic nitrogens is 3. The lowest BCUT2D eigenvalue weighted by Gasteiger charge is -2.06.